The van der Waals surface area contributed by atoms with E-state index >= 15 is 0 Å². The summed E-state index contributed by atoms with van der Waals surface area (Å²) in [6.45, 7) is 3.08. The Kier molecular flexibility index (Phi) is 8.95. The van der Waals surface area contributed by atoms with Crippen molar-refractivity contribution >= 4 is 17.7 Å². The number of benzene rings is 2. The Bertz CT molecular complexity index is 1250. The maximum atomic E-state index is 13.8. The van der Waals surface area contributed by atoms with Gasteiger partial charge in [-0.15, -0.1) is 0 Å². The van der Waals surface area contributed by atoms with Crippen LogP contribution in [0.5, 0.6) is 0 Å². The lowest BCUT2D eigenvalue weighted by Gasteiger charge is -2.43. The third kappa shape index (κ3) is 6.72. The first-order valence-corrected chi connectivity index (χ1v) is 12.5. The number of nitrogens with zero attached hydrogens (tertiary/aromatic N) is 2. The summed E-state index contributed by atoms with van der Waals surface area (Å²) in [6.07, 6.45) is -16.3. The van der Waals surface area contributed by atoms with Crippen LogP contribution in [0, 0.1) is 0 Å². The third-order valence-electron chi connectivity index (χ3n) is 6.92. The molecule has 3 atom stereocenters. The molecule has 41 heavy (non-hydrogen) atoms. The highest BCUT2D eigenvalue weighted by molar-refractivity contribution is 5.92. The second-order valence-electron chi connectivity index (χ2n) is 9.79. The molecule has 0 saturated carbocycles. The summed E-state index contributed by atoms with van der Waals surface area (Å²) in [5.41, 5.74) is -5.49. The molecule has 2 aromatic rings. The van der Waals surface area contributed by atoms with Crippen molar-refractivity contribution in [3.8, 4) is 0 Å². The summed E-state index contributed by atoms with van der Waals surface area (Å²) in [5, 5.41) is 0. The highest BCUT2D eigenvalue weighted by Gasteiger charge is 2.45. The van der Waals surface area contributed by atoms with Crippen LogP contribution in [0.4, 0.5) is 50.0 Å². The average Bonchev–Trinajstić information content (AvgIpc) is 2.86. The molecule has 5 nitrogen and oxygen atoms in total. The van der Waals surface area contributed by atoms with Crippen LogP contribution in [0.15, 0.2) is 36.4 Å². The molecule has 0 fully saturated rings. The van der Waals surface area contributed by atoms with Gasteiger partial charge in [0.1, 0.15) is 0 Å². The number of carbonyl (C=O) groups is 2. The number of halogens is 9. The summed E-state index contributed by atoms with van der Waals surface area (Å²) in [6, 6.07) is 2.30. The van der Waals surface area contributed by atoms with Crippen LogP contribution in [0.1, 0.15) is 66.3 Å². The van der Waals surface area contributed by atoms with E-state index in [4.69, 9.17) is 4.74 Å². The quantitative estimate of drug-likeness (QED) is 0.330. The maximum absolute atomic E-state index is 13.8. The van der Waals surface area contributed by atoms with Gasteiger partial charge in [-0.2, -0.15) is 39.5 Å². The van der Waals surface area contributed by atoms with Gasteiger partial charge >= 0.3 is 24.6 Å². The van der Waals surface area contributed by atoms with E-state index in [1.165, 1.54) is 21.0 Å². The summed E-state index contributed by atoms with van der Waals surface area (Å²) in [4.78, 5) is 28.4. The molecule has 0 spiro atoms. The van der Waals surface area contributed by atoms with Crippen molar-refractivity contribution in [1.82, 2.24) is 4.90 Å². The third-order valence-corrected chi connectivity index (χ3v) is 6.92. The van der Waals surface area contributed by atoms with Gasteiger partial charge in [-0.3, -0.25) is 9.69 Å². The summed E-state index contributed by atoms with van der Waals surface area (Å²) in [5.74, 6) is -4.01. The average molecular weight is 599 g/mol. The lowest BCUT2D eigenvalue weighted by Crippen LogP contribution is -2.47. The van der Waals surface area contributed by atoms with Crippen molar-refractivity contribution in [2.45, 2.75) is 63.1 Å². The first-order chi connectivity index (χ1) is 18.8. The van der Waals surface area contributed by atoms with Crippen molar-refractivity contribution in [3.63, 3.8) is 0 Å². The molecule has 0 bridgehead atoms. The monoisotopic (exact) mass is 598 g/mol. The summed E-state index contributed by atoms with van der Waals surface area (Å²) < 4.78 is 129. The van der Waals surface area contributed by atoms with Gasteiger partial charge in [-0.25, -0.2) is 4.79 Å². The van der Waals surface area contributed by atoms with Crippen LogP contribution in [-0.4, -0.2) is 43.6 Å². The van der Waals surface area contributed by atoms with E-state index in [0.717, 1.165) is 15.9 Å². The fraction of sp³-hybridized carbons (Fsp3) is 0.481. The zero-order valence-corrected chi connectivity index (χ0v) is 22.3. The second kappa shape index (κ2) is 11.4. The topological polar surface area (TPSA) is 49.9 Å². The molecule has 0 aromatic heterocycles. The normalized spacial score (nSPS) is 18.5. The Hall–Kier alpha value is -3.45. The lowest BCUT2D eigenvalue weighted by atomic mass is 9.72. The van der Waals surface area contributed by atoms with E-state index in [2.05, 4.69) is 0 Å². The molecule has 1 aliphatic heterocycles. The number of carbonyl (C=O) groups excluding carboxylic acids is 2. The van der Waals surface area contributed by atoms with Crippen molar-refractivity contribution in [2.75, 3.05) is 25.6 Å². The van der Waals surface area contributed by atoms with Crippen LogP contribution >= 0.6 is 0 Å². The van der Waals surface area contributed by atoms with Crippen molar-refractivity contribution in [1.29, 1.82) is 0 Å². The number of anilines is 1. The molecular formula is C27H27F9N2O3. The van der Waals surface area contributed by atoms with E-state index in [0.29, 0.717) is 24.3 Å². The van der Waals surface area contributed by atoms with E-state index in [1.807, 2.05) is 0 Å². The van der Waals surface area contributed by atoms with Gasteiger partial charge in [0.05, 0.1) is 34.9 Å². The van der Waals surface area contributed by atoms with E-state index in [-0.39, 0.29) is 36.8 Å². The fourth-order valence-corrected chi connectivity index (χ4v) is 5.06. The first kappa shape index (κ1) is 32.1. The largest absolute Gasteiger partial charge is 0.449 e. The Morgan fingerprint density at radius 2 is 1.41 bits per heavy atom. The summed E-state index contributed by atoms with van der Waals surface area (Å²) in [7, 11) is 2.46. The molecule has 0 N–H and O–H groups in total. The first-order valence-electron chi connectivity index (χ1n) is 12.5. The zero-order valence-electron chi connectivity index (χ0n) is 22.3. The maximum Gasteiger partial charge on any atom is 0.416 e. The number of hydrogen-bond donors (Lipinski definition) is 0. The standard InChI is InChI=1S/C27H27F9N2O3/c1-5-18-13-20(19-12-15(25(28,29)30)7-8-21(19)38(18)24(40)41-6-2)22(23(39)37(3)4)14-9-16(26(31,32)33)11-17(10-14)27(34,35)36/h7-12,18,20,22H,5-6,13H2,1-4H3/t18-,20-,22+/m1/s1. The summed E-state index contributed by atoms with van der Waals surface area (Å²) >= 11 is 0. The number of amides is 2. The number of fused-ring (bicyclic) bond motifs is 1. The number of rotatable bonds is 5. The van der Waals surface area contributed by atoms with Gasteiger partial charge in [0, 0.05) is 26.1 Å². The van der Waals surface area contributed by atoms with Crippen molar-refractivity contribution in [2.24, 2.45) is 0 Å². The minimum absolute atomic E-state index is 0.0721. The van der Waals surface area contributed by atoms with Gasteiger partial charge in [-0.05, 0) is 67.3 Å². The molecular weight excluding hydrogens is 571 g/mol. The lowest BCUT2D eigenvalue weighted by molar-refractivity contribution is -0.143. The molecule has 2 aromatic carbocycles. The number of hydrogen-bond acceptors (Lipinski definition) is 3. The van der Waals surface area contributed by atoms with Gasteiger partial charge in [-0.1, -0.05) is 6.92 Å². The molecule has 0 radical (unpaired) electrons. The predicted octanol–water partition coefficient (Wildman–Crippen LogP) is 7.84. The van der Waals surface area contributed by atoms with Crippen LogP contribution in [0.2, 0.25) is 0 Å². The molecule has 0 saturated heterocycles. The smallest absolute Gasteiger partial charge is 0.416 e. The minimum Gasteiger partial charge on any atom is -0.449 e. The highest BCUT2D eigenvalue weighted by Crippen LogP contribution is 2.50. The van der Waals surface area contributed by atoms with Crippen LogP contribution < -0.4 is 4.90 Å². The van der Waals surface area contributed by atoms with E-state index < -0.39 is 70.7 Å². The molecule has 226 valence electrons. The van der Waals surface area contributed by atoms with Crippen molar-refractivity contribution in [3.05, 3.63) is 64.2 Å². The Balaban J connectivity index is 2.39. The van der Waals surface area contributed by atoms with Gasteiger partial charge in [0.15, 0.2) is 0 Å². The predicted molar refractivity (Wildman–Crippen MR) is 130 cm³/mol. The Morgan fingerprint density at radius 3 is 1.85 bits per heavy atom. The molecule has 14 heteroatoms. The number of likely N-dealkylation sites (N-methyl/N-ethyl adjacent to an activating group) is 1. The highest BCUT2D eigenvalue weighted by atomic mass is 19.4. The number of ether oxygens (including phenoxy) is 1. The van der Waals surface area contributed by atoms with Crippen LogP contribution in [-0.2, 0) is 28.1 Å². The molecule has 3 rings (SSSR count). The molecule has 0 unspecified atom stereocenters. The second-order valence-corrected chi connectivity index (χ2v) is 9.79. The van der Waals surface area contributed by atoms with Gasteiger partial charge < -0.3 is 9.64 Å². The minimum atomic E-state index is -5.22. The Morgan fingerprint density at radius 1 is 0.878 bits per heavy atom. The van der Waals surface area contributed by atoms with E-state index in [1.54, 1.807) is 6.92 Å². The van der Waals surface area contributed by atoms with Crippen LogP contribution in [0.3, 0.4) is 0 Å². The molecule has 1 heterocycles. The van der Waals surface area contributed by atoms with Crippen molar-refractivity contribution < 1.29 is 53.8 Å². The fourth-order valence-electron chi connectivity index (χ4n) is 5.06. The van der Waals surface area contributed by atoms with Gasteiger partial charge in [0.2, 0.25) is 5.91 Å². The molecule has 2 amide bonds. The van der Waals surface area contributed by atoms with Gasteiger partial charge in [0.25, 0.3) is 0 Å². The van der Waals surface area contributed by atoms with Crippen LogP contribution in [0.25, 0.3) is 0 Å². The van der Waals surface area contributed by atoms with E-state index in [9.17, 15) is 49.1 Å². The molecule has 0 aliphatic carbocycles. The molecule has 1 aliphatic rings. The Labute approximate surface area is 229 Å². The SMILES string of the molecule is CCOC(=O)N1c2ccc(C(F)(F)F)cc2[C@H]([C@@H](C(=O)N(C)C)c2cc(C(F)(F)F)cc(C(F)(F)F)c2)C[C@H]1CC. The zero-order chi connectivity index (χ0) is 31.1. The number of alkyl halides is 9.